The lowest BCUT2D eigenvalue weighted by Gasteiger charge is -2.30. The van der Waals surface area contributed by atoms with Crippen molar-refractivity contribution < 1.29 is 4.79 Å². The predicted octanol–water partition coefficient (Wildman–Crippen LogP) is 0.630. The Morgan fingerprint density at radius 1 is 1.69 bits per heavy atom. The van der Waals surface area contributed by atoms with Crippen molar-refractivity contribution in [2.75, 3.05) is 26.7 Å². The first kappa shape index (κ1) is 10.3. The molecule has 1 rings (SSSR count). The van der Waals surface area contributed by atoms with E-state index >= 15 is 0 Å². The first-order valence-electron chi connectivity index (χ1n) is 4.82. The van der Waals surface area contributed by atoms with Gasteiger partial charge in [0.05, 0.1) is 5.92 Å². The highest BCUT2D eigenvalue weighted by Gasteiger charge is 2.26. The first-order valence-corrected chi connectivity index (χ1v) is 4.82. The lowest BCUT2D eigenvalue weighted by molar-refractivity contribution is -0.135. The number of rotatable bonds is 5. The fourth-order valence-electron chi connectivity index (χ4n) is 1.36. The van der Waals surface area contributed by atoms with Crippen LogP contribution in [-0.4, -0.2) is 37.5 Å². The van der Waals surface area contributed by atoms with E-state index in [0.29, 0.717) is 0 Å². The lowest BCUT2D eigenvalue weighted by atomic mass is 10.0. The van der Waals surface area contributed by atoms with Gasteiger partial charge in [0.15, 0.2) is 0 Å². The van der Waals surface area contributed by atoms with Crippen LogP contribution in [-0.2, 0) is 4.79 Å². The monoisotopic (exact) mass is 182 g/mol. The second-order valence-corrected chi connectivity index (χ2v) is 3.55. The third kappa shape index (κ3) is 2.84. The highest BCUT2D eigenvalue weighted by Crippen LogP contribution is 2.07. The molecule has 1 saturated heterocycles. The highest BCUT2D eigenvalue weighted by molar-refractivity contribution is 5.79. The van der Waals surface area contributed by atoms with Crippen LogP contribution in [0.2, 0.25) is 0 Å². The van der Waals surface area contributed by atoms with Gasteiger partial charge in [0, 0.05) is 26.7 Å². The summed E-state index contributed by atoms with van der Waals surface area (Å²) in [4.78, 5) is 13.4. The fraction of sp³-hybridized carbons (Fsp3) is 0.700. The van der Waals surface area contributed by atoms with E-state index in [2.05, 4.69) is 11.9 Å². The van der Waals surface area contributed by atoms with Crippen molar-refractivity contribution in [1.29, 1.82) is 0 Å². The summed E-state index contributed by atoms with van der Waals surface area (Å²) in [5.74, 6) is 0.511. The quantitative estimate of drug-likeness (QED) is 0.499. The van der Waals surface area contributed by atoms with E-state index in [-0.39, 0.29) is 11.8 Å². The second kappa shape index (κ2) is 5.02. The molecular formula is C10H18N2O. The van der Waals surface area contributed by atoms with Crippen molar-refractivity contribution in [3.63, 3.8) is 0 Å². The van der Waals surface area contributed by atoms with Gasteiger partial charge in [0.2, 0.25) is 5.91 Å². The largest absolute Gasteiger partial charge is 0.345 e. The van der Waals surface area contributed by atoms with E-state index in [4.69, 9.17) is 0 Å². The molecule has 0 saturated carbocycles. The van der Waals surface area contributed by atoms with Crippen LogP contribution in [0.5, 0.6) is 0 Å². The van der Waals surface area contributed by atoms with Gasteiger partial charge in [0.1, 0.15) is 0 Å². The average Bonchev–Trinajstić information content (AvgIpc) is 2.01. The smallest absolute Gasteiger partial charge is 0.227 e. The number of unbranched alkanes of at least 4 members (excludes halogenated alkanes) is 1. The molecule has 74 valence electrons. The minimum atomic E-state index is 0.230. The number of hydrogen-bond acceptors (Lipinski definition) is 2. The van der Waals surface area contributed by atoms with Gasteiger partial charge in [-0.3, -0.25) is 4.79 Å². The summed E-state index contributed by atoms with van der Waals surface area (Å²) in [5, 5.41) is 3.10. The maximum atomic E-state index is 11.6. The van der Waals surface area contributed by atoms with Gasteiger partial charge in [-0.1, -0.05) is 6.08 Å². The van der Waals surface area contributed by atoms with Gasteiger partial charge >= 0.3 is 0 Å². The third-order valence-corrected chi connectivity index (χ3v) is 2.41. The summed E-state index contributed by atoms with van der Waals surface area (Å²) in [6, 6.07) is 0. The second-order valence-electron chi connectivity index (χ2n) is 3.55. The van der Waals surface area contributed by atoms with E-state index in [1.54, 1.807) is 0 Å². The van der Waals surface area contributed by atoms with Gasteiger partial charge in [-0.25, -0.2) is 0 Å². The lowest BCUT2D eigenvalue weighted by Crippen LogP contribution is -2.51. The van der Waals surface area contributed by atoms with Crippen LogP contribution in [0, 0.1) is 5.92 Å². The molecule has 1 heterocycles. The number of carbonyl (C=O) groups is 1. The number of amides is 1. The molecule has 0 bridgehead atoms. The minimum absolute atomic E-state index is 0.230. The van der Waals surface area contributed by atoms with E-state index in [1.165, 1.54) is 0 Å². The third-order valence-electron chi connectivity index (χ3n) is 2.41. The van der Waals surface area contributed by atoms with E-state index in [1.807, 2.05) is 18.0 Å². The molecule has 0 unspecified atom stereocenters. The molecule has 0 aliphatic carbocycles. The Balaban J connectivity index is 2.17. The van der Waals surface area contributed by atoms with Crippen molar-refractivity contribution in [1.82, 2.24) is 10.2 Å². The summed E-state index contributed by atoms with van der Waals surface area (Å²) in [6.45, 7) is 6.20. The van der Waals surface area contributed by atoms with E-state index in [9.17, 15) is 4.79 Å². The zero-order valence-corrected chi connectivity index (χ0v) is 8.25. The molecule has 3 nitrogen and oxygen atoms in total. The topological polar surface area (TPSA) is 32.3 Å². The molecule has 1 N–H and O–H groups in total. The van der Waals surface area contributed by atoms with Crippen LogP contribution in [0.25, 0.3) is 0 Å². The van der Waals surface area contributed by atoms with Crippen molar-refractivity contribution in [2.45, 2.75) is 12.8 Å². The van der Waals surface area contributed by atoms with Crippen molar-refractivity contribution in [2.24, 2.45) is 5.92 Å². The Hall–Kier alpha value is -0.830. The Bertz CT molecular complexity index is 187. The van der Waals surface area contributed by atoms with Gasteiger partial charge in [-0.15, -0.1) is 6.58 Å². The van der Waals surface area contributed by atoms with Crippen LogP contribution < -0.4 is 5.32 Å². The summed E-state index contributed by atoms with van der Waals surface area (Å²) >= 11 is 0. The maximum Gasteiger partial charge on any atom is 0.227 e. The number of hydrogen-bond donors (Lipinski definition) is 1. The summed E-state index contributed by atoms with van der Waals surface area (Å²) in [6.07, 6.45) is 3.90. The zero-order valence-electron chi connectivity index (χ0n) is 8.25. The van der Waals surface area contributed by atoms with Crippen molar-refractivity contribution in [3.05, 3.63) is 12.7 Å². The summed E-state index contributed by atoms with van der Waals surface area (Å²) in [7, 11) is 1.88. The maximum absolute atomic E-state index is 11.6. The molecule has 1 aliphatic heterocycles. The number of nitrogens with zero attached hydrogens (tertiary/aromatic N) is 1. The summed E-state index contributed by atoms with van der Waals surface area (Å²) < 4.78 is 0. The molecule has 0 radical (unpaired) electrons. The molecule has 0 atom stereocenters. The van der Waals surface area contributed by atoms with Gasteiger partial charge in [0.25, 0.3) is 0 Å². The highest BCUT2D eigenvalue weighted by atomic mass is 16.2. The standard InChI is InChI=1S/C10H18N2O/c1-3-4-5-6-12(2)10(13)9-7-11-8-9/h3,9,11H,1,4-8H2,2H3. The van der Waals surface area contributed by atoms with Gasteiger partial charge in [-0.2, -0.15) is 0 Å². The normalized spacial score (nSPS) is 16.4. The number of allylic oxidation sites excluding steroid dienone is 1. The fourth-order valence-corrected chi connectivity index (χ4v) is 1.36. The predicted molar refractivity (Wildman–Crippen MR) is 53.4 cm³/mol. The molecule has 0 aromatic carbocycles. The van der Waals surface area contributed by atoms with E-state index < -0.39 is 0 Å². The molecule has 1 amide bonds. The molecule has 3 heteroatoms. The van der Waals surface area contributed by atoms with Crippen LogP contribution in [0.15, 0.2) is 12.7 Å². The SMILES string of the molecule is C=CCCCN(C)C(=O)C1CNC1. The summed E-state index contributed by atoms with van der Waals surface area (Å²) in [5.41, 5.74) is 0. The molecule has 1 fully saturated rings. The van der Waals surface area contributed by atoms with Gasteiger partial charge < -0.3 is 10.2 Å². The average molecular weight is 182 g/mol. The van der Waals surface area contributed by atoms with E-state index in [0.717, 1.165) is 32.5 Å². The molecule has 13 heavy (non-hydrogen) atoms. The van der Waals surface area contributed by atoms with Crippen LogP contribution in [0.1, 0.15) is 12.8 Å². The van der Waals surface area contributed by atoms with Crippen LogP contribution in [0.4, 0.5) is 0 Å². The molecule has 0 aromatic rings. The molecule has 0 spiro atoms. The first-order chi connectivity index (χ1) is 6.25. The molecule has 1 aliphatic rings. The Morgan fingerprint density at radius 3 is 2.85 bits per heavy atom. The molecule has 0 aromatic heterocycles. The zero-order chi connectivity index (χ0) is 9.68. The molecular weight excluding hydrogens is 164 g/mol. The minimum Gasteiger partial charge on any atom is -0.345 e. The van der Waals surface area contributed by atoms with Crippen LogP contribution in [0.3, 0.4) is 0 Å². The van der Waals surface area contributed by atoms with Gasteiger partial charge in [-0.05, 0) is 12.8 Å². The Morgan fingerprint density at radius 2 is 2.38 bits per heavy atom. The Kier molecular flexibility index (Phi) is 3.96. The van der Waals surface area contributed by atoms with Crippen LogP contribution >= 0.6 is 0 Å². The van der Waals surface area contributed by atoms with Crippen molar-refractivity contribution in [3.8, 4) is 0 Å². The van der Waals surface area contributed by atoms with Crippen molar-refractivity contribution >= 4 is 5.91 Å². The Labute approximate surface area is 79.8 Å². The number of carbonyl (C=O) groups excluding carboxylic acids is 1. The number of nitrogens with one attached hydrogen (secondary N) is 1.